The maximum atomic E-state index is 11.5. The van der Waals surface area contributed by atoms with Crippen molar-refractivity contribution in [3.63, 3.8) is 0 Å². The van der Waals surface area contributed by atoms with Gasteiger partial charge in [-0.15, -0.1) is 12.3 Å². The summed E-state index contributed by atoms with van der Waals surface area (Å²) >= 11 is 0. The SMILES string of the molecule is C#CCCCCC(=O)NCC1(O)CCOC1C. The molecule has 1 rings (SSSR count). The fourth-order valence-corrected chi connectivity index (χ4v) is 1.86. The van der Waals surface area contributed by atoms with Crippen molar-refractivity contribution in [3.8, 4) is 12.3 Å². The van der Waals surface area contributed by atoms with Gasteiger partial charge in [-0.2, -0.15) is 0 Å². The molecule has 0 aromatic rings. The number of aliphatic hydroxyl groups is 1. The van der Waals surface area contributed by atoms with Crippen molar-refractivity contribution in [1.29, 1.82) is 0 Å². The lowest BCUT2D eigenvalue weighted by Crippen LogP contribution is -2.47. The zero-order valence-electron chi connectivity index (χ0n) is 10.4. The van der Waals surface area contributed by atoms with E-state index in [4.69, 9.17) is 11.2 Å². The molecule has 2 unspecified atom stereocenters. The number of carbonyl (C=O) groups excluding carboxylic acids is 1. The molecule has 4 nitrogen and oxygen atoms in total. The Bertz CT molecular complexity index is 298. The summed E-state index contributed by atoms with van der Waals surface area (Å²) in [6.45, 7) is 2.64. The lowest BCUT2D eigenvalue weighted by atomic mass is 9.96. The van der Waals surface area contributed by atoms with Gasteiger partial charge in [-0.25, -0.2) is 0 Å². The van der Waals surface area contributed by atoms with Crippen LogP contribution in [0.2, 0.25) is 0 Å². The van der Waals surface area contributed by atoms with E-state index in [9.17, 15) is 9.90 Å². The first-order chi connectivity index (χ1) is 8.08. The highest BCUT2D eigenvalue weighted by Crippen LogP contribution is 2.24. The van der Waals surface area contributed by atoms with E-state index in [-0.39, 0.29) is 18.6 Å². The first-order valence-electron chi connectivity index (χ1n) is 6.12. The molecule has 96 valence electrons. The van der Waals surface area contributed by atoms with Crippen LogP contribution < -0.4 is 5.32 Å². The molecule has 2 N–H and O–H groups in total. The van der Waals surface area contributed by atoms with Crippen molar-refractivity contribution >= 4 is 5.91 Å². The minimum atomic E-state index is -0.908. The van der Waals surface area contributed by atoms with Gasteiger partial charge in [0.2, 0.25) is 5.91 Å². The van der Waals surface area contributed by atoms with Gasteiger partial charge < -0.3 is 15.2 Å². The number of nitrogens with one attached hydrogen (secondary N) is 1. The van der Waals surface area contributed by atoms with Crippen LogP contribution in [0.4, 0.5) is 0 Å². The van der Waals surface area contributed by atoms with Crippen molar-refractivity contribution < 1.29 is 14.6 Å². The summed E-state index contributed by atoms with van der Waals surface area (Å²) in [5, 5.41) is 12.9. The van der Waals surface area contributed by atoms with E-state index >= 15 is 0 Å². The van der Waals surface area contributed by atoms with E-state index in [0.717, 1.165) is 12.8 Å². The van der Waals surface area contributed by atoms with Gasteiger partial charge in [0.25, 0.3) is 0 Å². The number of ether oxygens (including phenoxy) is 1. The number of hydrogen-bond acceptors (Lipinski definition) is 3. The van der Waals surface area contributed by atoms with Crippen LogP contribution in [0.3, 0.4) is 0 Å². The molecule has 0 aromatic heterocycles. The number of unbranched alkanes of at least 4 members (excludes halogenated alkanes) is 2. The van der Waals surface area contributed by atoms with Crippen molar-refractivity contribution in [1.82, 2.24) is 5.32 Å². The molecule has 0 spiro atoms. The van der Waals surface area contributed by atoms with E-state index in [1.165, 1.54) is 0 Å². The Morgan fingerprint density at radius 3 is 3.00 bits per heavy atom. The molecule has 4 heteroatoms. The highest BCUT2D eigenvalue weighted by atomic mass is 16.5. The average Bonchev–Trinajstić information content (AvgIpc) is 2.63. The number of carbonyl (C=O) groups is 1. The molecular formula is C13H21NO3. The summed E-state index contributed by atoms with van der Waals surface area (Å²) < 4.78 is 5.29. The van der Waals surface area contributed by atoms with E-state index in [0.29, 0.717) is 25.9 Å². The highest BCUT2D eigenvalue weighted by molar-refractivity contribution is 5.75. The number of terminal acetylenes is 1. The molecule has 1 fully saturated rings. The van der Waals surface area contributed by atoms with E-state index in [1.54, 1.807) is 0 Å². The van der Waals surface area contributed by atoms with Crippen LogP contribution in [-0.4, -0.2) is 35.9 Å². The Kier molecular flexibility index (Phi) is 5.46. The van der Waals surface area contributed by atoms with Crippen molar-refractivity contribution in [2.45, 2.75) is 50.7 Å². The summed E-state index contributed by atoms with van der Waals surface area (Å²) in [5.74, 6) is 2.51. The fourth-order valence-electron chi connectivity index (χ4n) is 1.86. The maximum Gasteiger partial charge on any atom is 0.220 e. The van der Waals surface area contributed by atoms with E-state index < -0.39 is 5.60 Å². The number of rotatable bonds is 6. The van der Waals surface area contributed by atoms with Crippen LogP contribution in [0.1, 0.15) is 39.0 Å². The monoisotopic (exact) mass is 239 g/mol. The molecule has 1 amide bonds. The molecule has 17 heavy (non-hydrogen) atoms. The standard InChI is InChI=1S/C13H21NO3/c1-3-4-5-6-7-12(15)14-10-13(16)8-9-17-11(13)2/h1,11,16H,4-10H2,2H3,(H,14,15). The maximum absolute atomic E-state index is 11.5. The van der Waals surface area contributed by atoms with Gasteiger partial charge in [0, 0.05) is 32.4 Å². The molecule has 2 atom stereocenters. The lowest BCUT2D eigenvalue weighted by Gasteiger charge is -2.26. The molecule has 1 saturated heterocycles. The molecule has 0 aromatic carbocycles. The predicted molar refractivity (Wildman–Crippen MR) is 65.3 cm³/mol. The van der Waals surface area contributed by atoms with Gasteiger partial charge in [-0.3, -0.25) is 4.79 Å². The first kappa shape index (κ1) is 14.0. The molecule has 1 heterocycles. The smallest absolute Gasteiger partial charge is 0.220 e. The van der Waals surface area contributed by atoms with Gasteiger partial charge in [0.05, 0.1) is 6.10 Å². The lowest BCUT2D eigenvalue weighted by molar-refractivity contribution is -0.123. The second-order valence-corrected chi connectivity index (χ2v) is 4.55. The van der Waals surface area contributed by atoms with Crippen molar-refractivity contribution in [2.24, 2.45) is 0 Å². The molecule has 0 bridgehead atoms. The summed E-state index contributed by atoms with van der Waals surface area (Å²) in [6.07, 6.45) is 8.32. The van der Waals surface area contributed by atoms with Gasteiger partial charge >= 0.3 is 0 Å². The van der Waals surface area contributed by atoms with Crippen LogP contribution in [0, 0.1) is 12.3 Å². The molecule has 0 radical (unpaired) electrons. The summed E-state index contributed by atoms with van der Waals surface area (Å²) in [4.78, 5) is 11.5. The van der Waals surface area contributed by atoms with Gasteiger partial charge in [0.15, 0.2) is 0 Å². The Morgan fingerprint density at radius 2 is 2.41 bits per heavy atom. The van der Waals surface area contributed by atoms with Crippen molar-refractivity contribution in [2.75, 3.05) is 13.2 Å². The molecule has 1 aliphatic rings. The number of amides is 1. The zero-order chi connectivity index (χ0) is 12.7. The Morgan fingerprint density at radius 1 is 1.65 bits per heavy atom. The topological polar surface area (TPSA) is 58.6 Å². The van der Waals surface area contributed by atoms with Gasteiger partial charge in [-0.05, 0) is 19.8 Å². The quantitative estimate of drug-likeness (QED) is 0.533. The Balaban J connectivity index is 2.17. The third-order valence-corrected chi connectivity index (χ3v) is 3.23. The summed E-state index contributed by atoms with van der Waals surface area (Å²) in [6, 6.07) is 0. The average molecular weight is 239 g/mol. The van der Waals surface area contributed by atoms with Crippen LogP contribution >= 0.6 is 0 Å². The molecule has 0 aliphatic carbocycles. The largest absolute Gasteiger partial charge is 0.385 e. The third kappa shape index (κ3) is 4.37. The second-order valence-electron chi connectivity index (χ2n) is 4.55. The second kappa shape index (κ2) is 6.63. The molecule has 0 saturated carbocycles. The molecule has 1 aliphatic heterocycles. The zero-order valence-corrected chi connectivity index (χ0v) is 10.4. The predicted octanol–water partition coefficient (Wildman–Crippen LogP) is 0.836. The first-order valence-corrected chi connectivity index (χ1v) is 6.12. The normalized spacial score (nSPS) is 27.7. The van der Waals surface area contributed by atoms with Gasteiger partial charge in [-0.1, -0.05) is 0 Å². The van der Waals surface area contributed by atoms with E-state index in [2.05, 4.69) is 11.2 Å². The minimum absolute atomic E-state index is 0.0328. The van der Waals surface area contributed by atoms with Crippen LogP contribution in [0.15, 0.2) is 0 Å². The molecular weight excluding hydrogens is 218 g/mol. The summed E-state index contributed by atoms with van der Waals surface area (Å²) in [7, 11) is 0. The van der Waals surface area contributed by atoms with Crippen LogP contribution in [-0.2, 0) is 9.53 Å². The highest BCUT2D eigenvalue weighted by Gasteiger charge is 2.39. The fraction of sp³-hybridized carbons (Fsp3) is 0.769. The third-order valence-electron chi connectivity index (χ3n) is 3.23. The van der Waals surface area contributed by atoms with Crippen molar-refractivity contribution in [3.05, 3.63) is 0 Å². The Hall–Kier alpha value is -1.05. The summed E-state index contributed by atoms with van der Waals surface area (Å²) in [5.41, 5.74) is -0.908. The van der Waals surface area contributed by atoms with E-state index in [1.807, 2.05) is 6.92 Å². The minimum Gasteiger partial charge on any atom is -0.385 e. The number of hydrogen-bond donors (Lipinski definition) is 2. The van der Waals surface area contributed by atoms with Crippen LogP contribution in [0.25, 0.3) is 0 Å². The van der Waals surface area contributed by atoms with Gasteiger partial charge in [0.1, 0.15) is 5.60 Å². The Labute approximate surface area is 103 Å². The van der Waals surface area contributed by atoms with Crippen LogP contribution in [0.5, 0.6) is 0 Å².